The lowest BCUT2D eigenvalue weighted by molar-refractivity contribution is -0.132. The van der Waals surface area contributed by atoms with E-state index in [1.54, 1.807) is 0 Å². The summed E-state index contributed by atoms with van der Waals surface area (Å²) in [6.45, 7) is 6.26. The van der Waals surface area contributed by atoms with E-state index in [9.17, 15) is 9.90 Å². The highest BCUT2D eigenvalue weighted by atomic mass is 16.3. The number of piperidine rings is 1. The molecule has 19 heavy (non-hydrogen) atoms. The monoisotopic (exact) mass is 268 g/mol. The van der Waals surface area contributed by atoms with Gasteiger partial charge < -0.3 is 10.0 Å². The summed E-state index contributed by atoms with van der Waals surface area (Å²) in [5.74, 6) is 0.724. The fourth-order valence-corrected chi connectivity index (χ4v) is 3.20. The lowest BCUT2D eigenvalue weighted by atomic mass is 9.92. The van der Waals surface area contributed by atoms with Crippen LogP contribution in [0.4, 0.5) is 0 Å². The molecule has 110 valence electrons. The second-order valence-electron chi connectivity index (χ2n) is 6.15. The fourth-order valence-electron chi connectivity index (χ4n) is 3.20. The van der Waals surface area contributed by atoms with Crippen LogP contribution < -0.4 is 0 Å². The molecule has 1 N–H and O–H groups in total. The Labute approximate surface area is 116 Å². The first kappa shape index (κ1) is 14.8. The summed E-state index contributed by atoms with van der Waals surface area (Å²) < 4.78 is 0. The van der Waals surface area contributed by atoms with Crippen molar-refractivity contribution in [3.63, 3.8) is 0 Å². The molecule has 2 aliphatic rings. The van der Waals surface area contributed by atoms with Crippen LogP contribution in [0.1, 0.15) is 45.4 Å². The van der Waals surface area contributed by atoms with Crippen LogP contribution in [0.2, 0.25) is 0 Å². The van der Waals surface area contributed by atoms with E-state index in [-0.39, 0.29) is 6.10 Å². The minimum atomic E-state index is -0.205. The number of carbonyl (C=O) groups is 1. The number of nitrogens with zero attached hydrogens (tertiary/aromatic N) is 2. The lowest BCUT2D eigenvalue weighted by Crippen LogP contribution is -2.44. The van der Waals surface area contributed by atoms with Crippen molar-refractivity contribution >= 4 is 5.91 Å². The molecule has 0 spiro atoms. The minimum absolute atomic E-state index is 0.205. The van der Waals surface area contributed by atoms with Gasteiger partial charge in [-0.1, -0.05) is 12.8 Å². The third kappa shape index (κ3) is 4.46. The summed E-state index contributed by atoms with van der Waals surface area (Å²) in [4.78, 5) is 16.6. The highest BCUT2D eigenvalue weighted by Gasteiger charge is 2.25. The average molecular weight is 268 g/mol. The molecule has 0 bridgehead atoms. The van der Waals surface area contributed by atoms with Crippen LogP contribution >= 0.6 is 0 Å². The Balaban J connectivity index is 1.73. The normalized spacial score (nSPS) is 25.1. The summed E-state index contributed by atoms with van der Waals surface area (Å²) in [7, 11) is 0. The van der Waals surface area contributed by atoms with Crippen LogP contribution in [-0.4, -0.2) is 59.6 Å². The third-order valence-electron chi connectivity index (χ3n) is 4.63. The number of hydrogen-bond acceptors (Lipinski definition) is 3. The summed E-state index contributed by atoms with van der Waals surface area (Å²) in [6.07, 6.45) is 6.69. The van der Waals surface area contributed by atoms with Crippen LogP contribution in [0, 0.1) is 5.92 Å². The van der Waals surface area contributed by atoms with E-state index in [2.05, 4.69) is 4.90 Å². The quantitative estimate of drug-likeness (QED) is 0.843. The zero-order valence-electron chi connectivity index (χ0n) is 12.2. The highest BCUT2D eigenvalue weighted by molar-refractivity contribution is 5.78. The Bertz CT molecular complexity index is 278. The van der Waals surface area contributed by atoms with Crippen molar-refractivity contribution in [1.82, 2.24) is 9.80 Å². The van der Waals surface area contributed by atoms with E-state index in [4.69, 9.17) is 0 Å². The first-order valence-electron chi connectivity index (χ1n) is 7.85. The number of carbonyl (C=O) groups excluding carboxylic acids is 1. The van der Waals surface area contributed by atoms with Gasteiger partial charge >= 0.3 is 0 Å². The van der Waals surface area contributed by atoms with Gasteiger partial charge in [0.15, 0.2) is 0 Å². The lowest BCUT2D eigenvalue weighted by Gasteiger charge is -2.34. The first-order valence-corrected chi connectivity index (χ1v) is 7.85. The summed E-state index contributed by atoms with van der Waals surface area (Å²) in [6, 6.07) is 0. The van der Waals surface area contributed by atoms with Crippen molar-refractivity contribution < 1.29 is 9.90 Å². The maximum Gasteiger partial charge on any atom is 0.236 e. The van der Waals surface area contributed by atoms with Crippen LogP contribution in [0.5, 0.6) is 0 Å². The standard InChI is InChI=1S/C15H28N2O2/c1-13(18)14-6-10-16(11-7-14)12-15(19)17-8-4-2-3-5-9-17/h13-14,18H,2-12H2,1H3/t13-/m0/s1. The van der Waals surface area contributed by atoms with Crippen molar-refractivity contribution in [2.45, 2.75) is 51.6 Å². The Hall–Kier alpha value is -0.610. The molecular weight excluding hydrogens is 240 g/mol. The summed E-state index contributed by atoms with van der Waals surface area (Å²) in [5, 5.41) is 9.59. The van der Waals surface area contributed by atoms with Gasteiger partial charge in [-0.05, 0) is 51.6 Å². The first-order chi connectivity index (χ1) is 9.16. The molecule has 1 amide bonds. The van der Waals surface area contributed by atoms with E-state index < -0.39 is 0 Å². The fraction of sp³-hybridized carbons (Fsp3) is 0.933. The second-order valence-corrected chi connectivity index (χ2v) is 6.15. The molecule has 0 aromatic heterocycles. The molecule has 2 saturated heterocycles. The van der Waals surface area contributed by atoms with Gasteiger partial charge in [0, 0.05) is 13.1 Å². The zero-order chi connectivity index (χ0) is 13.7. The predicted molar refractivity (Wildman–Crippen MR) is 75.9 cm³/mol. The van der Waals surface area contributed by atoms with E-state index in [0.717, 1.165) is 51.9 Å². The Morgan fingerprint density at radius 1 is 1.11 bits per heavy atom. The van der Waals surface area contributed by atoms with E-state index >= 15 is 0 Å². The SMILES string of the molecule is C[C@H](O)C1CCN(CC(=O)N2CCCCCC2)CC1. The van der Waals surface area contributed by atoms with Gasteiger partial charge in [0.2, 0.25) is 5.91 Å². The molecule has 0 unspecified atom stereocenters. The number of hydrogen-bond donors (Lipinski definition) is 1. The van der Waals surface area contributed by atoms with Gasteiger partial charge in [-0.2, -0.15) is 0 Å². The molecule has 0 saturated carbocycles. The molecular formula is C15H28N2O2. The molecule has 2 rings (SSSR count). The molecule has 2 fully saturated rings. The Morgan fingerprint density at radius 2 is 1.68 bits per heavy atom. The maximum absolute atomic E-state index is 12.3. The number of aliphatic hydroxyl groups is 1. The van der Waals surface area contributed by atoms with Gasteiger partial charge in [0.1, 0.15) is 0 Å². The van der Waals surface area contributed by atoms with Crippen molar-refractivity contribution in [1.29, 1.82) is 0 Å². The van der Waals surface area contributed by atoms with Gasteiger partial charge in [-0.25, -0.2) is 0 Å². The summed E-state index contributed by atoms with van der Waals surface area (Å²) >= 11 is 0. The van der Waals surface area contributed by atoms with Crippen LogP contribution in [0.15, 0.2) is 0 Å². The smallest absolute Gasteiger partial charge is 0.236 e. The molecule has 0 aromatic carbocycles. The maximum atomic E-state index is 12.3. The topological polar surface area (TPSA) is 43.8 Å². The van der Waals surface area contributed by atoms with Crippen LogP contribution in [-0.2, 0) is 4.79 Å². The molecule has 1 atom stereocenters. The van der Waals surface area contributed by atoms with Crippen molar-refractivity contribution in [3.05, 3.63) is 0 Å². The number of rotatable bonds is 3. The highest BCUT2D eigenvalue weighted by Crippen LogP contribution is 2.20. The van der Waals surface area contributed by atoms with Gasteiger partial charge in [0.05, 0.1) is 12.6 Å². The van der Waals surface area contributed by atoms with Gasteiger partial charge in [0.25, 0.3) is 0 Å². The predicted octanol–water partition coefficient (Wildman–Crippen LogP) is 1.48. The van der Waals surface area contributed by atoms with E-state index in [1.807, 2.05) is 11.8 Å². The third-order valence-corrected chi connectivity index (χ3v) is 4.63. The zero-order valence-corrected chi connectivity index (χ0v) is 12.2. The average Bonchev–Trinajstić information content (AvgIpc) is 2.68. The summed E-state index contributed by atoms with van der Waals surface area (Å²) in [5.41, 5.74) is 0. The van der Waals surface area contributed by atoms with Gasteiger partial charge in [-0.3, -0.25) is 9.69 Å². The molecule has 0 aliphatic carbocycles. The molecule has 0 aromatic rings. The molecule has 4 nitrogen and oxygen atoms in total. The number of likely N-dealkylation sites (tertiary alicyclic amines) is 2. The number of amides is 1. The number of aliphatic hydroxyl groups excluding tert-OH is 1. The van der Waals surface area contributed by atoms with Crippen molar-refractivity contribution in [2.75, 3.05) is 32.7 Å². The van der Waals surface area contributed by atoms with E-state index in [1.165, 1.54) is 12.8 Å². The Morgan fingerprint density at radius 3 is 2.21 bits per heavy atom. The van der Waals surface area contributed by atoms with Crippen molar-refractivity contribution in [2.24, 2.45) is 5.92 Å². The molecule has 2 aliphatic heterocycles. The van der Waals surface area contributed by atoms with E-state index in [0.29, 0.717) is 18.4 Å². The molecule has 4 heteroatoms. The van der Waals surface area contributed by atoms with Crippen LogP contribution in [0.3, 0.4) is 0 Å². The van der Waals surface area contributed by atoms with Gasteiger partial charge in [-0.15, -0.1) is 0 Å². The second kappa shape index (κ2) is 7.25. The Kier molecular flexibility index (Phi) is 5.64. The molecule has 2 heterocycles. The van der Waals surface area contributed by atoms with Crippen molar-refractivity contribution in [3.8, 4) is 0 Å². The minimum Gasteiger partial charge on any atom is -0.393 e. The largest absolute Gasteiger partial charge is 0.393 e. The molecule has 0 radical (unpaired) electrons. The van der Waals surface area contributed by atoms with Crippen LogP contribution in [0.25, 0.3) is 0 Å².